The van der Waals surface area contributed by atoms with E-state index in [1.54, 1.807) is 0 Å². The second-order valence-corrected chi connectivity index (χ2v) is 4.01. The minimum atomic E-state index is -4.22. The van der Waals surface area contributed by atoms with Crippen LogP contribution in [0.15, 0.2) is 18.2 Å². The summed E-state index contributed by atoms with van der Waals surface area (Å²) in [6, 6.07) is 2.61. The van der Waals surface area contributed by atoms with Gasteiger partial charge in [-0.1, -0.05) is 0 Å². The molecular weight excluding hydrogens is 243 g/mol. The first-order valence-corrected chi connectivity index (χ1v) is 5.37. The normalized spacial score (nSPS) is 11.4. The van der Waals surface area contributed by atoms with Crippen LogP contribution in [0.5, 0.6) is 0 Å². The summed E-state index contributed by atoms with van der Waals surface area (Å²) in [5.74, 6) is -0.737. The van der Waals surface area contributed by atoms with Crippen molar-refractivity contribution in [2.45, 2.75) is 6.61 Å². The number of benzene rings is 1. The lowest BCUT2D eigenvalue weighted by atomic mass is 10.2. The number of nitro groups is 1. The van der Waals surface area contributed by atoms with Crippen molar-refractivity contribution >= 4 is 16.0 Å². The highest BCUT2D eigenvalue weighted by Gasteiger charge is 2.16. The first-order valence-electron chi connectivity index (χ1n) is 3.89. The molecule has 0 fully saturated rings. The van der Waals surface area contributed by atoms with Crippen molar-refractivity contribution in [2.24, 2.45) is 5.14 Å². The fourth-order valence-electron chi connectivity index (χ4n) is 0.993. The van der Waals surface area contributed by atoms with E-state index in [2.05, 4.69) is 9.32 Å². The Morgan fingerprint density at radius 3 is 2.62 bits per heavy atom. The van der Waals surface area contributed by atoms with Gasteiger partial charge in [-0.05, 0) is 12.1 Å². The molecule has 0 aliphatic heterocycles. The third-order valence-corrected chi connectivity index (χ3v) is 2.06. The Morgan fingerprint density at radius 1 is 1.50 bits per heavy atom. The lowest BCUT2D eigenvalue weighted by molar-refractivity contribution is -0.385. The average molecular weight is 250 g/mol. The molecule has 88 valence electrons. The average Bonchev–Trinajstić information content (AvgIpc) is 2.13. The van der Waals surface area contributed by atoms with E-state index in [4.69, 9.17) is 0 Å². The van der Waals surface area contributed by atoms with Gasteiger partial charge >= 0.3 is 10.3 Å². The number of hydrogen-bond acceptors (Lipinski definition) is 5. The van der Waals surface area contributed by atoms with E-state index in [1.807, 2.05) is 0 Å². The molecule has 0 saturated heterocycles. The third-order valence-electron chi connectivity index (χ3n) is 1.62. The van der Waals surface area contributed by atoms with Gasteiger partial charge in [-0.15, -0.1) is 0 Å². The maximum absolute atomic E-state index is 12.8. The maximum Gasteiger partial charge on any atom is 0.333 e. The van der Waals surface area contributed by atoms with Crippen molar-refractivity contribution in [2.75, 3.05) is 0 Å². The Balaban J connectivity index is 3.01. The quantitative estimate of drug-likeness (QED) is 0.615. The smallest absolute Gasteiger partial charge is 0.258 e. The van der Waals surface area contributed by atoms with Crippen molar-refractivity contribution in [3.8, 4) is 0 Å². The molecule has 1 aromatic carbocycles. The van der Waals surface area contributed by atoms with Crippen LogP contribution in [-0.4, -0.2) is 13.3 Å². The third kappa shape index (κ3) is 3.53. The van der Waals surface area contributed by atoms with Gasteiger partial charge in [0.2, 0.25) is 0 Å². The summed E-state index contributed by atoms with van der Waals surface area (Å²) < 4.78 is 37.8. The molecule has 0 bridgehead atoms. The van der Waals surface area contributed by atoms with Crippen LogP contribution in [0, 0.1) is 15.9 Å². The first-order chi connectivity index (χ1) is 7.29. The Kier molecular flexibility index (Phi) is 3.52. The summed E-state index contributed by atoms with van der Waals surface area (Å²) in [6.45, 7) is -0.688. The Hall–Kier alpha value is -1.58. The molecule has 1 aromatic rings. The van der Waals surface area contributed by atoms with Crippen molar-refractivity contribution < 1.29 is 21.9 Å². The molecule has 0 atom stereocenters. The number of nitrogens with zero attached hydrogens (tertiary/aromatic N) is 1. The molecule has 0 aliphatic rings. The van der Waals surface area contributed by atoms with Crippen molar-refractivity contribution in [3.05, 3.63) is 39.7 Å². The van der Waals surface area contributed by atoms with Gasteiger partial charge in [0.05, 0.1) is 17.1 Å². The number of rotatable bonds is 4. The van der Waals surface area contributed by atoms with E-state index in [-0.39, 0.29) is 5.56 Å². The molecule has 0 unspecified atom stereocenters. The number of nitro benzene ring substituents is 1. The zero-order valence-electron chi connectivity index (χ0n) is 7.79. The van der Waals surface area contributed by atoms with E-state index in [9.17, 15) is 22.9 Å². The summed E-state index contributed by atoms with van der Waals surface area (Å²) in [5, 5.41) is 15.0. The minimum absolute atomic E-state index is 0.209. The van der Waals surface area contributed by atoms with E-state index in [0.717, 1.165) is 18.2 Å². The lowest BCUT2D eigenvalue weighted by Crippen LogP contribution is -2.16. The van der Waals surface area contributed by atoms with Crippen LogP contribution in [0.1, 0.15) is 5.56 Å². The van der Waals surface area contributed by atoms with Crippen LogP contribution in [0.3, 0.4) is 0 Å². The van der Waals surface area contributed by atoms with E-state index in [1.165, 1.54) is 0 Å². The van der Waals surface area contributed by atoms with Gasteiger partial charge in [0.15, 0.2) is 0 Å². The van der Waals surface area contributed by atoms with Gasteiger partial charge < -0.3 is 0 Å². The molecular formula is C7H7FN2O5S. The molecule has 0 radical (unpaired) electrons. The van der Waals surface area contributed by atoms with Gasteiger partial charge in [0, 0.05) is 6.07 Å². The highest BCUT2D eigenvalue weighted by Crippen LogP contribution is 2.20. The van der Waals surface area contributed by atoms with Crippen LogP contribution < -0.4 is 5.14 Å². The molecule has 7 nitrogen and oxygen atoms in total. The van der Waals surface area contributed by atoms with Crippen LogP contribution in [-0.2, 0) is 21.1 Å². The predicted octanol–water partition coefficient (Wildman–Crippen LogP) is 0.454. The van der Waals surface area contributed by atoms with Gasteiger partial charge in [-0.2, -0.15) is 8.42 Å². The zero-order chi connectivity index (χ0) is 12.3. The maximum atomic E-state index is 12.8. The first kappa shape index (κ1) is 12.5. The SMILES string of the molecule is NS(=O)(=O)OCc1cc(F)ccc1[N+](=O)[O-]. The Bertz CT molecular complexity index is 516. The zero-order valence-corrected chi connectivity index (χ0v) is 8.61. The summed E-state index contributed by atoms with van der Waals surface area (Å²) in [7, 11) is -4.22. The molecule has 0 saturated carbocycles. The van der Waals surface area contributed by atoms with Crippen LogP contribution in [0.4, 0.5) is 10.1 Å². The number of halogens is 1. The fraction of sp³-hybridized carbons (Fsp3) is 0.143. The number of hydrogen-bond donors (Lipinski definition) is 1. The highest BCUT2D eigenvalue weighted by molar-refractivity contribution is 7.84. The lowest BCUT2D eigenvalue weighted by Gasteiger charge is -2.02. The van der Waals surface area contributed by atoms with Gasteiger partial charge in [0.25, 0.3) is 5.69 Å². The number of nitrogens with two attached hydrogens (primary N) is 1. The van der Waals surface area contributed by atoms with Crippen LogP contribution in [0.2, 0.25) is 0 Å². The molecule has 9 heteroatoms. The topological polar surface area (TPSA) is 113 Å². The Labute approximate surface area is 90.0 Å². The molecule has 2 N–H and O–H groups in total. The van der Waals surface area contributed by atoms with E-state index in [0.29, 0.717) is 0 Å². The van der Waals surface area contributed by atoms with E-state index >= 15 is 0 Å². The molecule has 0 amide bonds. The van der Waals surface area contributed by atoms with Crippen LogP contribution >= 0.6 is 0 Å². The molecule has 0 heterocycles. The summed E-state index contributed by atoms with van der Waals surface area (Å²) in [5.41, 5.74) is -0.649. The second-order valence-electron chi connectivity index (χ2n) is 2.79. The second kappa shape index (κ2) is 4.51. The summed E-state index contributed by atoms with van der Waals surface area (Å²) >= 11 is 0. The van der Waals surface area contributed by atoms with Gasteiger partial charge in [-0.25, -0.2) is 9.53 Å². The molecule has 0 aromatic heterocycles. The highest BCUT2D eigenvalue weighted by atomic mass is 32.2. The molecule has 0 aliphatic carbocycles. The van der Waals surface area contributed by atoms with E-state index < -0.39 is 33.3 Å². The summed E-state index contributed by atoms with van der Waals surface area (Å²) in [4.78, 5) is 9.73. The van der Waals surface area contributed by atoms with Gasteiger partial charge in [0.1, 0.15) is 5.82 Å². The van der Waals surface area contributed by atoms with Crippen molar-refractivity contribution in [3.63, 3.8) is 0 Å². The largest absolute Gasteiger partial charge is 0.333 e. The minimum Gasteiger partial charge on any atom is -0.258 e. The molecule has 1 rings (SSSR count). The summed E-state index contributed by atoms with van der Waals surface area (Å²) in [6.07, 6.45) is 0. The molecule has 16 heavy (non-hydrogen) atoms. The molecule has 0 spiro atoms. The fourth-order valence-corrected chi connectivity index (χ4v) is 1.28. The van der Waals surface area contributed by atoms with Crippen molar-refractivity contribution in [1.29, 1.82) is 0 Å². The standard InChI is InChI=1S/C7H7FN2O5S/c8-6-1-2-7(10(11)12)5(3-6)4-15-16(9,13)14/h1-3H,4H2,(H2,9,13,14). The monoisotopic (exact) mass is 250 g/mol. The Morgan fingerprint density at radius 2 is 2.12 bits per heavy atom. The van der Waals surface area contributed by atoms with Crippen LogP contribution in [0.25, 0.3) is 0 Å². The van der Waals surface area contributed by atoms with Crippen molar-refractivity contribution in [1.82, 2.24) is 0 Å². The van der Waals surface area contributed by atoms with Gasteiger partial charge in [-0.3, -0.25) is 14.3 Å². The predicted molar refractivity (Wildman–Crippen MR) is 51.0 cm³/mol.